The minimum Gasteiger partial charge on any atom is -0.497 e. The van der Waals surface area contributed by atoms with E-state index in [0.29, 0.717) is 28.1 Å². The Balaban J connectivity index is 1.71. The van der Waals surface area contributed by atoms with Gasteiger partial charge in [-0.3, -0.25) is 4.79 Å². The lowest BCUT2D eigenvalue weighted by Crippen LogP contribution is -2.30. The second-order valence-corrected chi connectivity index (χ2v) is 6.64. The van der Waals surface area contributed by atoms with Crippen LogP contribution in [0.15, 0.2) is 35.0 Å². The highest BCUT2D eigenvalue weighted by Crippen LogP contribution is 2.33. The Bertz CT molecular complexity index is 959. The Morgan fingerprint density at radius 2 is 1.89 bits per heavy atom. The first-order valence-corrected chi connectivity index (χ1v) is 9.12. The van der Waals surface area contributed by atoms with E-state index in [9.17, 15) is 4.79 Å². The summed E-state index contributed by atoms with van der Waals surface area (Å²) in [6.07, 6.45) is 4.96. The predicted octanol–water partition coefficient (Wildman–Crippen LogP) is 3.78. The lowest BCUT2D eigenvalue weighted by Gasteiger charge is -2.28. The van der Waals surface area contributed by atoms with Crippen molar-refractivity contribution in [1.29, 1.82) is 0 Å². The molecule has 3 heterocycles. The molecule has 1 amide bonds. The molecular formula is C20H22N4O3. The molecule has 0 spiro atoms. The number of ether oxygens (including phenoxy) is 1. The summed E-state index contributed by atoms with van der Waals surface area (Å²) in [5, 5.41) is 3.61. The molecule has 27 heavy (non-hydrogen) atoms. The van der Waals surface area contributed by atoms with Crippen LogP contribution in [0.2, 0.25) is 0 Å². The van der Waals surface area contributed by atoms with Gasteiger partial charge in [-0.25, -0.2) is 9.97 Å². The number of nitrogens with one attached hydrogen (secondary N) is 1. The van der Waals surface area contributed by atoms with Gasteiger partial charge in [0.05, 0.1) is 18.1 Å². The number of piperidine rings is 1. The third-order valence-electron chi connectivity index (χ3n) is 4.87. The van der Waals surface area contributed by atoms with E-state index >= 15 is 0 Å². The van der Waals surface area contributed by atoms with Gasteiger partial charge in [0.25, 0.3) is 5.91 Å². The first kappa shape index (κ1) is 17.3. The van der Waals surface area contributed by atoms with E-state index in [1.54, 1.807) is 38.3 Å². The summed E-state index contributed by atoms with van der Waals surface area (Å²) in [5.74, 6) is 1.81. The largest absolute Gasteiger partial charge is 0.497 e. The summed E-state index contributed by atoms with van der Waals surface area (Å²) in [4.78, 5) is 23.9. The number of nitrogens with zero attached hydrogens (tertiary/aromatic N) is 3. The highest BCUT2D eigenvalue weighted by atomic mass is 16.5. The summed E-state index contributed by atoms with van der Waals surface area (Å²) in [6.45, 7) is 3.64. The van der Waals surface area contributed by atoms with Crippen molar-refractivity contribution in [2.75, 3.05) is 30.4 Å². The van der Waals surface area contributed by atoms with E-state index in [0.717, 1.165) is 37.5 Å². The van der Waals surface area contributed by atoms with Gasteiger partial charge in [-0.1, -0.05) is 0 Å². The molecule has 4 rings (SSSR count). The molecule has 1 aromatic carbocycles. The molecule has 0 radical (unpaired) electrons. The molecule has 0 atom stereocenters. The van der Waals surface area contributed by atoms with Crippen molar-refractivity contribution in [3.05, 3.63) is 41.9 Å². The molecule has 1 N–H and O–H groups in total. The number of anilines is 2. The lowest BCUT2D eigenvalue weighted by atomic mass is 10.1. The molecule has 1 fully saturated rings. The number of aromatic nitrogens is 2. The number of carbonyl (C=O) groups is 1. The van der Waals surface area contributed by atoms with E-state index in [-0.39, 0.29) is 5.91 Å². The number of methoxy groups -OCH3 is 1. The van der Waals surface area contributed by atoms with Crippen molar-refractivity contribution in [2.24, 2.45) is 0 Å². The third kappa shape index (κ3) is 3.32. The zero-order chi connectivity index (χ0) is 18.8. The normalized spacial score (nSPS) is 14.4. The lowest BCUT2D eigenvalue weighted by molar-refractivity contribution is 0.102. The molecule has 0 aliphatic carbocycles. The number of carbonyl (C=O) groups excluding carboxylic acids is 1. The molecule has 0 bridgehead atoms. The maximum atomic E-state index is 13.0. The van der Waals surface area contributed by atoms with Crippen LogP contribution in [0.5, 0.6) is 5.75 Å². The summed E-state index contributed by atoms with van der Waals surface area (Å²) in [5.41, 5.74) is 1.62. The van der Waals surface area contributed by atoms with Crippen LogP contribution >= 0.6 is 0 Å². The molecule has 2 aromatic heterocycles. The average molecular weight is 366 g/mol. The van der Waals surface area contributed by atoms with Crippen molar-refractivity contribution in [3.63, 3.8) is 0 Å². The molecule has 7 heteroatoms. The minimum absolute atomic E-state index is 0.232. The van der Waals surface area contributed by atoms with E-state index in [1.165, 1.54) is 12.7 Å². The van der Waals surface area contributed by atoms with E-state index < -0.39 is 0 Å². The van der Waals surface area contributed by atoms with E-state index in [4.69, 9.17) is 9.15 Å². The van der Waals surface area contributed by atoms with Gasteiger partial charge in [-0.05, 0) is 50.5 Å². The van der Waals surface area contributed by atoms with Crippen molar-refractivity contribution < 1.29 is 13.9 Å². The number of rotatable bonds is 4. The molecule has 7 nitrogen and oxygen atoms in total. The van der Waals surface area contributed by atoms with Crippen molar-refractivity contribution in [1.82, 2.24) is 9.97 Å². The van der Waals surface area contributed by atoms with Crippen molar-refractivity contribution in [2.45, 2.75) is 26.2 Å². The van der Waals surface area contributed by atoms with E-state index in [1.807, 2.05) is 0 Å². The van der Waals surface area contributed by atoms with Crippen LogP contribution in [-0.4, -0.2) is 36.1 Å². The molecule has 0 unspecified atom stereocenters. The molecule has 3 aromatic rings. The Hall–Kier alpha value is -3.09. The fourth-order valence-corrected chi connectivity index (χ4v) is 3.52. The first-order chi connectivity index (χ1) is 13.2. The van der Waals surface area contributed by atoms with E-state index in [2.05, 4.69) is 20.2 Å². The fraction of sp³-hybridized carbons (Fsp3) is 0.350. The highest BCUT2D eigenvalue weighted by Gasteiger charge is 2.25. The number of furan rings is 1. The highest BCUT2D eigenvalue weighted by molar-refractivity contribution is 6.15. The van der Waals surface area contributed by atoms with Gasteiger partial charge in [-0.15, -0.1) is 0 Å². The van der Waals surface area contributed by atoms with Gasteiger partial charge < -0.3 is 19.4 Å². The van der Waals surface area contributed by atoms with Crippen LogP contribution in [0.25, 0.3) is 11.1 Å². The van der Waals surface area contributed by atoms with Crippen LogP contribution in [0.1, 0.15) is 35.4 Å². The Morgan fingerprint density at radius 3 is 2.59 bits per heavy atom. The standard InChI is InChI=1S/C20H22N4O3/c1-13-16(19(25)23-14-6-8-15(26-2)9-7-14)17-18(21-12-22-20(17)27-13)24-10-4-3-5-11-24/h6-9,12H,3-5,10-11H2,1-2H3,(H,23,25). The number of benzene rings is 1. The second-order valence-electron chi connectivity index (χ2n) is 6.64. The summed E-state index contributed by atoms with van der Waals surface area (Å²) >= 11 is 0. The number of hydrogen-bond acceptors (Lipinski definition) is 6. The van der Waals surface area contributed by atoms with Crippen LogP contribution < -0.4 is 15.0 Å². The van der Waals surface area contributed by atoms with Gasteiger partial charge >= 0.3 is 0 Å². The summed E-state index contributed by atoms with van der Waals surface area (Å²) in [6, 6.07) is 7.21. The Morgan fingerprint density at radius 1 is 1.15 bits per heavy atom. The molecule has 140 valence electrons. The molecule has 1 aliphatic rings. The van der Waals surface area contributed by atoms with Gasteiger partial charge in [-0.2, -0.15) is 0 Å². The summed E-state index contributed by atoms with van der Waals surface area (Å²) < 4.78 is 10.9. The predicted molar refractivity (Wildman–Crippen MR) is 104 cm³/mol. The maximum Gasteiger partial charge on any atom is 0.260 e. The number of amides is 1. The Labute approximate surface area is 157 Å². The van der Waals surface area contributed by atoms with Crippen LogP contribution in [0.4, 0.5) is 11.5 Å². The second kappa shape index (κ2) is 7.26. The van der Waals surface area contributed by atoms with Gasteiger partial charge in [0, 0.05) is 18.8 Å². The minimum atomic E-state index is -0.232. The fourth-order valence-electron chi connectivity index (χ4n) is 3.52. The number of hydrogen-bond donors (Lipinski definition) is 1. The van der Waals surface area contributed by atoms with Crippen molar-refractivity contribution >= 4 is 28.5 Å². The summed E-state index contributed by atoms with van der Waals surface area (Å²) in [7, 11) is 1.61. The quantitative estimate of drug-likeness (QED) is 0.757. The average Bonchev–Trinajstić information content (AvgIpc) is 3.05. The monoisotopic (exact) mass is 366 g/mol. The maximum absolute atomic E-state index is 13.0. The zero-order valence-electron chi connectivity index (χ0n) is 15.5. The molecule has 0 saturated carbocycles. The van der Waals surface area contributed by atoms with Gasteiger partial charge in [0.2, 0.25) is 5.71 Å². The zero-order valence-corrected chi connectivity index (χ0v) is 15.5. The number of fused-ring (bicyclic) bond motifs is 1. The van der Waals surface area contributed by atoms with Crippen LogP contribution in [0.3, 0.4) is 0 Å². The molecule has 1 saturated heterocycles. The number of aryl methyl sites for hydroxylation is 1. The third-order valence-corrected chi connectivity index (χ3v) is 4.87. The molecule has 1 aliphatic heterocycles. The SMILES string of the molecule is COc1ccc(NC(=O)c2c(C)oc3ncnc(N4CCCCC4)c23)cc1. The van der Waals surface area contributed by atoms with Crippen molar-refractivity contribution in [3.8, 4) is 5.75 Å². The molecular weight excluding hydrogens is 344 g/mol. The smallest absolute Gasteiger partial charge is 0.260 e. The van der Waals surface area contributed by atoms with Gasteiger partial charge in [0.1, 0.15) is 23.7 Å². The first-order valence-electron chi connectivity index (χ1n) is 9.12. The van der Waals surface area contributed by atoms with Crippen LogP contribution in [-0.2, 0) is 0 Å². The van der Waals surface area contributed by atoms with Crippen LogP contribution in [0, 0.1) is 6.92 Å². The topological polar surface area (TPSA) is 80.5 Å². The Kier molecular flexibility index (Phi) is 4.66. The van der Waals surface area contributed by atoms with Gasteiger partial charge in [0.15, 0.2) is 0 Å².